The number of carbonyl (C=O) groups is 1. The molecule has 1 amide bonds. The lowest BCUT2D eigenvalue weighted by molar-refractivity contribution is -0.385. The molecule has 2 aromatic rings. The number of pyridine rings is 1. The Hall–Kier alpha value is -2.41. The number of rotatable bonds is 5. The second kappa shape index (κ2) is 7.04. The van der Waals surface area contributed by atoms with Gasteiger partial charge in [0.15, 0.2) is 0 Å². The number of thioether (sulfide) groups is 1. The summed E-state index contributed by atoms with van der Waals surface area (Å²) in [6, 6.07) is 7.92. The maximum Gasteiger partial charge on any atom is 0.274 e. The molecular weight excluding hydrogens is 302 g/mol. The molecule has 0 aliphatic heterocycles. The number of nitrogens with one attached hydrogen (secondary N) is 1. The molecule has 0 radical (unpaired) electrons. The summed E-state index contributed by atoms with van der Waals surface area (Å²) in [5, 5.41) is 14.4. The summed E-state index contributed by atoms with van der Waals surface area (Å²) in [7, 11) is 0. The Morgan fingerprint density at radius 3 is 2.82 bits per heavy atom. The van der Waals surface area contributed by atoms with Crippen LogP contribution in [-0.2, 0) is 0 Å². The SMILES string of the molecule is CCSc1cc(C(=O)Nc2ccc(C)c([N+](=O)[O-])c2)ccn1. The van der Waals surface area contributed by atoms with Gasteiger partial charge in [-0.1, -0.05) is 13.0 Å². The van der Waals surface area contributed by atoms with E-state index in [1.165, 1.54) is 6.07 Å². The molecule has 0 aliphatic carbocycles. The monoisotopic (exact) mass is 317 g/mol. The van der Waals surface area contributed by atoms with Crippen LogP contribution < -0.4 is 5.32 Å². The molecule has 114 valence electrons. The van der Waals surface area contributed by atoms with Gasteiger partial charge in [-0.3, -0.25) is 14.9 Å². The van der Waals surface area contributed by atoms with E-state index in [1.54, 1.807) is 49.1 Å². The van der Waals surface area contributed by atoms with Crippen molar-refractivity contribution in [3.05, 3.63) is 57.8 Å². The Kier molecular flexibility index (Phi) is 5.11. The van der Waals surface area contributed by atoms with E-state index >= 15 is 0 Å². The van der Waals surface area contributed by atoms with Crippen molar-refractivity contribution in [1.29, 1.82) is 0 Å². The average molecular weight is 317 g/mol. The van der Waals surface area contributed by atoms with Crippen LogP contribution in [0, 0.1) is 17.0 Å². The number of nitro benzene ring substituents is 1. The maximum atomic E-state index is 12.2. The van der Waals surface area contributed by atoms with Crippen LogP contribution in [0.15, 0.2) is 41.6 Å². The molecule has 7 heteroatoms. The van der Waals surface area contributed by atoms with E-state index in [-0.39, 0.29) is 11.6 Å². The summed E-state index contributed by atoms with van der Waals surface area (Å²) in [5.74, 6) is 0.542. The number of amides is 1. The highest BCUT2D eigenvalue weighted by Crippen LogP contribution is 2.23. The molecular formula is C15H15N3O3S. The summed E-state index contributed by atoms with van der Waals surface area (Å²) >= 11 is 1.54. The normalized spacial score (nSPS) is 10.3. The van der Waals surface area contributed by atoms with Crippen molar-refractivity contribution in [3.8, 4) is 0 Å². The topological polar surface area (TPSA) is 85.1 Å². The second-order valence-electron chi connectivity index (χ2n) is 4.53. The average Bonchev–Trinajstić information content (AvgIpc) is 2.49. The van der Waals surface area contributed by atoms with Crippen molar-refractivity contribution in [1.82, 2.24) is 4.98 Å². The molecule has 0 bridgehead atoms. The largest absolute Gasteiger partial charge is 0.322 e. The standard InChI is InChI=1S/C15H15N3O3S/c1-3-22-14-8-11(6-7-16-14)15(19)17-12-5-4-10(2)13(9-12)18(20)21/h4-9H,3H2,1-2H3,(H,17,19). The zero-order valence-corrected chi connectivity index (χ0v) is 13.0. The highest BCUT2D eigenvalue weighted by Gasteiger charge is 2.13. The van der Waals surface area contributed by atoms with Crippen molar-refractivity contribution >= 4 is 29.0 Å². The molecule has 2 rings (SSSR count). The van der Waals surface area contributed by atoms with Crippen LogP contribution in [-0.4, -0.2) is 21.6 Å². The van der Waals surface area contributed by atoms with E-state index in [2.05, 4.69) is 10.3 Å². The van der Waals surface area contributed by atoms with Crippen LogP contribution in [0.4, 0.5) is 11.4 Å². The fourth-order valence-electron chi connectivity index (χ4n) is 1.86. The molecule has 1 N–H and O–H groups in total. The molecule has 0 fully saturated rings. The van der Waals surface area contributed by atoms with Crippen molar-refractivity contribution in [2.75, 3.05) is 11.1 Å². The van der Waals surface area contributed by atoms with Crippen LogP contribution in [0.3, 0.4) is 0 Å². The van der Waals surface area contributed by atoms with Gasteiger partial charge in [0, 0.05) is 29.1 Å². The highest BCUT2D eigenvalue weighted by molar-refractivity contribution is 7.99. The lowest BCUT2D eigenvalue weighted by atomic mass is 10.1. The molecule has 22 heavy (non-hydrogen) atoms. The van der Waals surface area contributed by atoms with Crippen LogP contribution in [0.5, 0.6) is 0 Å². The lowest BCUT2D eigenvalue weighted by Crippen LogP contribution is -2.12. The van der Waals surface area contributed by atoms with E-state index in [4.69, 9.17) is 0 Å². The highest BCUT2D eigenvalue weighted by atomic mass is 32.2. The van der Waals surface area contributed by atoms with Crippen LogP contribution in [0.25, 0.3) is 0 Å². The van der Waals surface area contributed by atoms with E-state index in [1.807, 2.05) is 6.92 Å². The third kappa shape index (κ3) is 3.82. The first-order valence-electron chi connectivity index (χ1n) is 6.66. The lowest BCUT2D eigenvalue weighted by Gasteiger charge is -2.07. The van der Waals surface area contributed by atoms with Crippen LogP contribution >= 0.6 is 11.8 Å². The number of aryl methyl sites for hydroxylation is 1. The minimum atomic E-state index is -0.465. The number of anilines is 1. The van der Waals surface area contributed by atoms with Crippen molar-refractivity contribution < 1.29 is 9.72 Å². The summed E-state index contributed by atoms with van der Waals surface area (Å²) in [6.45, 7) is 3.66. The molecule has 0 spiro atoms. The molecule has 1 aromatic carbocycles. The van der Waals surface area contributed by atoms with Gasteiger partial charge in [-0.05, 0) is 30.9 Å². The number of benzene rings is 1. The quantitative estimate of drug-likeness (QED) is 0.517. The third-order valence-electron chi connectivity index (χ3n) is 2.95. The van der Waals surface area contributed by atoms with E-state index in [0.29, 0.717) is 16.8 Å². The maximum absolute atomic E-state index is 12.2. The Morgan fingerprint density at radius 2 is 2.14 bits per heavy atom. The zero-order chi connectivity index (χ0) is 16.1. The van der Waals surface area contributed by atoms with Gasteiger partial charge in [0.05, 0.1) is 9.95 Å². The predicted molar refractivity (Wildman–Crippen MR) is 86.4 cm³/mol. The van der Waals surface area contributed by atoms with Crippen LogP contribution in [0.1, 0.15) is 22.8 Å². The van der Waals surface area contributed by atoms with Gasteiger partial charge >= 0.3 is 0 Å². The zero-order valence-electron chi connectivity index (χ0n) is 12.2. The van der Waals surface area contributed by atoms with Crippen molar-refractivity contribution in [2.24, 2.45) is 0 Å². The Balaban J connectivity index is 2.20. The fraction of sp³-hybridized carbons (Fsp3) is 0.200. The summed E-state index contributed by atoms with van der Waals surface area (Å²) in [4.78, 5) is 26.8. The molecule has 0 atom stereocenters. The molecule has 0 aliphatic rings. The van der Waals surface area contributed by atoms with Gasteiger partial charge in [-0.25, -0.2) is 4.98 Å². The summed E-state index contributed by atoms with van der Waals surface area (Å²) in [6.07, 6.45) is 1.57. The van der Waals surface area contributed by atoms with Crippen molar-refractivity contribution in [2.45, 2.75) is 18.9 Å². The third-order valence-corrected chi connectivity index (χ3v) is 3.76. The Labute approximate surface area is 132 Å². The fourth-order valence-corrected chi connectivity index (χ4v) is 2.51. The van der Waals surface area contributed by atoms with Gasteiger partial charge < -0.3 is 5.32 Å². The van der Waals surface area contributed by atoms with E-state index < -0.39 is 4.92 Å². The molecule has 1 aromatic heterocycles. The first-order chi connectivity index (χ1) is 10.5. The Morgan fingerprint density at radius 1 is 1.36 bits per heavy atom. The number of hydrogen-bond acceptors (Lipinski definition) is 5. The number of hydrogen-bond donors (Lipinski definition) is 1. The number of nitro groups is 1. The number of nitrogens with zero attached hydrogens (tertiary/aromatic N) is 2. The summed E-state index contributed by atoms with van der Waals surface area (Å²) in [5.41, 5.74) is 1.39. The molecule has 0 saturated heterocycles. The molecule has 6 nitrogen and oxygen atoms in total. The first kappa shape index (κ1) is 16.0. The molecule has 0 unspecified atom stereocenters. The van der Waals surface area contributed by atoms with Gasteiger partial charge in [-0.15, -0.1) is 11.8 Å². The van der Waals surface area contributed by atoms with Gasteiger partial charge in [0.2, 0.25) is 0 Å². The number of aromatic nitrogens is 1. The van der Waals surface area contributed by atoms with Crippen LogP contribution in [0.2, 0.25) is 0 Å². The summed E-state index contributed by atoms with van der Waals surface area (Å²) < 4.78 is 0. The predicted octanol–water partition coefficient (Wildman–Crippen LogP) is 3.66. The van der Waals surface area contributed by atoms with E-state index in [9.17, 15) is 14.9 Å². The van der Waals surface area contributed by atoms with Gasteiger partial charge in [-0.2, -0.15) is 0 Å². The van der Waals surface area contributed by atoms with E-state index in [0.717, 1.165) is 10.8 Å². The molecule has 1 heterocycles. The number of carbonyl (C=O) groups excluding carboxylic acids is 1. The second-order valence-corrected chi connectivity index (χ2v) is 5.81. The Bertz CT molecular complexity index is 719. The van der Waals surface area contributed by atoms with Gasteiger partial charge in [0.25, 0.3) is 11.6 Å². The minimum absolute atomic E-state index is 0.0187. The minimum Gasteiger partial charge on any atom is -0.322 e. The first-order valence-corrected chi connectivity index (χ1v) is 7.65. The smallest absolute Gasteiger partial charge is 0.274 e. The molecule has 0 saturated carbocycles. The van der Waals surface area contributed by atoms with Gasteiger partial charge in [0.1, 0.15) is 0 Å². The van der Waals surface area contributed by atoms with Crippen molar-refractivity contribution in [3.63, 3.8) is 0 Å².